The molecule has 1 aromatic heterocycles. The number of Topliss-reactive ketones (excluding diaryl/α,β-unsaturated/α-hetero) is 1. The van der Waals surface area contributed by atoms with Crippen LogP contribution in [0.5, 0.6) is 0 Å². The van der Waals surface area contributed by atoms with Crippen LogP contribution in [0, 0.1) is 0 Å². The maximum atomic E-state index is 11.3. The zero-order valence-corrected chi connectivity index (χ0v) is 9.77. The Hall–Kier alpha value is -1.65. The average molecular weight is 208 g/mol. The molecule has 0 aromatic carbocycles. The summed E-state index contributed by atoms with van der Waals surface area (Å²) >= 11 is 0. The maximum absolute atomic E-state index is 11.3. The molecule has 5 heteroatoms. The summed E-state index contributed by atoms with van der Waals surface area (Å²) in [7, 11) is 7.45. The minimum atomic E-state index is -0.0522. The lowest BCUT2D eigenvalue weighted by molar-refractivity contribution is 0.101. The minimum absolute atomic E-state index is 0.0522. The molecule has 0 saturated heterocycles. The van der Waals surface area contributed by atoms with Gasteiger partial charge < -0.3 is 9.80 Å². The summed E-state index contributed by atoms with van der Waals surface area (Å²) in [6.45, 7) is 1.50. The lowest BCUT2D eigenvalue weighted by atomic mass is 10.3. The van der Waals surface area contributed by atoms with E-state index in [0.29, 0.717) is 11.6 Å². The van der Waals surface area contributed by atoms with Crippen molar-refractivity contribution in [2.45, 2.75) is 6.92 Å². The molecule has 0 aliphatic rings. The Bertz CT molecular complexity index is 347. The number of carbonyl (C=O) groups excluding carboxylic acids is 1. The number of ketones is 1. The number of anilines is 2. The van der Waals surface area contributed by atoms with Crippen LogP contribution in [0.3, 0.4) is 0 Å². The molecule has 0 unspecified atom stereocenters. The predicted octanol–water partition coefficient (Wildman–Crippen LogP) is 0.811. The van der Waals surface area contributed by atoms with Gasteiger partial charge in [-0.1, -0.05) is 0 Å². The lowest BCUT2D eigenvalue weighted by Gasteiger charge is -2.16. The highest BCUT2D eigenvalue weighted by molar-refractivity contribution is 5.93. The zero-order chi connectivity index (χ0) is 11.6. The third-order valence-corrected chi connectivity index (χ3v) is 1.92. The highest BCUT2D eigenvalue weighted by Gasteiger charge is 2.10. The number of rotatable bonds is 3. The topological polar surface area (TPSA) is 49.3 Å². The van der Waals surface area contributed by atoms with E-state index in [4.69, 9.17) is 0 Å². The molecule has 0 saturated carbocycles. The number of nitrogens with zero attached hydrogens (tertiary/aromatic N) is 4. The van der Waals surface area contributed by atoms with Gasteiger partial charge in [0.05, 0.1) is 0 Å². The molecule has 1 rings (SSSR count). The first-order valence-electron chi connectivity index (χ1n) is 4.66. The molecule has 0 fully saturated rings. The molecule has 15 heavy (non-hydrogen) atoms. The van der Waals surface area contributed by atoms with Crippen LogP contribution in [-0.4, -0.2) is 43.9 Å². The van der Waals surface area contributed by atoms with Gasteiger partial charge in [0.1, 0.15) is 11.5 Å². The first-order chi connectivity index (χ1) is 6.91. The summed E-state index contributed by atoms with van der Waals surface area (Å²) in [5.74, 6) is 1.23. The van der Waals surface area contributed by atoms with E-state index in [1.807, 2.05) is 33.1 Å². The molecule has 5 nitrogen and oxygen atoms in total. The molecule has 1 aromatic rings. The van der Waals surface area contributed by atoms with E-state index in [2.05, 4.69) is 9.97 Å². The maximum Gasteiger partial charge on any atom is 0.227 e. The van der Waals surface area contributed by atoms with Crippen LogP contribution >= 0.6 is 0 Å². The van der Waals surface area contributed by atoms with Gasteiger partial charge in [-0.2, -0.15) is 4.98 Å². The summed E-state index contributed by atoms with van der Waals surface area (Å²) in [5, 5.41) is 0. The first-order valence-corrected chi connectivity index (χ1v) is 4.66. The number of aromatic nitrogens is 2. The third kappa shape index (κ3) is 2.65. The fourth-order valence-electron chi connectivity index (χ4n) is 1.03. The number of carbonyl (C=O) groups is 1. The molecule has 0 aliphatic heterocycles. The molecule has 0 N–H and O–H groups in total. The van der Waals surface area contributed by atoms with Crippen molar-refractivity contribution in [1.29, 1.82) is 0 Å². The number of hydrogen-bond acceptors (Lipinski definition) is 5. The second-order valence-corrected chi connectivity index (χ2v) is 3.76. The Morgan fingerprint density at radius 3 is 2.13 bits per heavy atom. The van der Waals surface area contributed by atoms with Crippen LogP contribution in [0.25, 0.3) is 0 Å². The van der Waals surface area contributed by atoms with Crippen molar-refractivity contribution < 1.29 is 4.79 Å². The van der Waals surface area contributed by atoms with Crippen LogP contribution in [0.15, 0.2) is 6.07 Å². The van der Waals surface area contributed by atoms with E-state index in [1.54, 1.807) is 11.0 Å². The van der Waals surface area contributed by atoms with Crippen molar-refractivity contribution in [3.05, 3.63) is 11.8 Å². The van der Waals surface area contributed by atoms with Crippen molar-refractivity contribution in [2.24, 2.45) is 0 Å². The van der Waals surface area contributed by atoms with Crippen molar-refractivity contribution in [2.75, 3.05) is 38.0 Å². The predicted molar refractivity (Wildman–Crippen MR) is 60.7 cm³/mol. The second-order valence-electron chi connectivity index (χ2n) is 3.76. The van der Waals surface area contributed by atoms with Gasteiger partial charge in [0.2, 0.25) is 5.95 Å². The molecular formula is C10H16N4O. The van der Waals surface area contributed by atoms with E-state index in [-0.39, 0.29) is 5.78 Å². The monoisotopic (exact) mass is 208 g/mol. The Morgan fingerprint density at radius 2 is 1.73 bits per heavy atom. The smallest absolute Gasteiger partial charge is 0.227 e. The minimum Gasteiger partial charge on any atom is -0.363 e. The third-order valence-electron chi connectivity index (χ3n) is 1.92. The van der Waals surface area contributed by atoms with Crippen LogP contribution in [0.4, 0.5) is 11.8 Å². The summed E-state index contributed by atoms with van der Waals surface area (Å²) in [4.78, 5) is 23.4. The quantitative estimate of drug-likeness (QED) is 0.688. The first kappa shape index (κ1) is 11.4. The van der Waals surface area contributed by atoms with Gasteiger partial charge in [0.15, 0.2) is 5.78 Å². The van der Waals surface area contributed by atoms with E-state index < -0.39 is 0 Å². The summed E-state index contributed by atoms with van der Waals surface area (Å²) in [5.41, 5.74) is 0.442. The van der Waals surface area contributed by atoms with Crippen LogP contribution in [0.1, 0.15) is 17.4 Å². The van der Waals surface area contributed by atoms with Crippen LogP contribution in [0.2, 0.25) is 0 Å². The Kier molecular flexibility index (Phi) is 3.24. The van der Waals surface area contributed by atoms with Crippen LogP contribution in [-0.2, 0) is 0 Å². The Labute approximate surface area is 89.7 Å². The average Bonchev–Trinajstić information content (AvgIpc) is 2.16. The van der Waals surface area contributed by atoms with Crippen molar-refractivity contribution in [3.8, 4) is 0 Å². The molecule has 0 amide bonds. The molecule has 0 atom stereocenters. The standard InChI is InChI=1S/C10H16N4O/c1-7(15)8-6-9(13(2)3)12-10(11-8)14(4)5/h6H,1-5H3. The molecule has 1 heterocycles. The van der Waals surface area contributed by atoms with E-state index in [1.165, 1.54) is 6.92 Å². The molecule has 0 aliphatic carbocycles. The van der Waals surface area contributed by atoms with Gasteiger partial charge in [0.25, 0.3) is 0 Å². The van der Waals surface area contributed by atoms with E-state index in [9.17, 15) is 4.79 Å². The molecule has 0 bridgehead atoms. The molecule has 82 valence electrons. The normalized spacial score (nSPS) is 9.93. The SMILES string of the molecule is CC(=O)c1cc(N(C)C)nc(N(C)C)n1. The molecule has 0 radical (unpaired) electrons. The summed E-state index contributed by atoms with van der Waals surface area (Å²) in [6.07, 6.45) is 0. The fourth-order valence-corrected chi connectivity index (χ4v) is 1.03. The van der Waals surface area contributed by atoms with Crippen molar-refractivity contribution in [1.82, 2.24) is 9.97 Å². The Morgan fingerprint density at radius 1 is 1.13 bits per heavy atom. The van der Waals surface area contributed by atoms with Gasteiger partial charge in [-0.15, -0.1) is 0 Å². The van der Waals surface area contributed by atoms with Crippen molar-refractivity contribution in [3.63, 3.8) is 0 Å². The molecule has 0 spiro atoms. The van der Waals surface area contributed by atoms with Gasteiger partial charge >= 0.3 is 0 Å². The van der Waals surface area contributed by atoms with Gasteiger partial charge in [-0.05, 0) is 0 Å². The fraction of sp³-hybridized carbons (Fsp3) is 0.500. The second kappa shape index (κ2) is 4.25. The summed E-state index contributed by atoms with van der Waals surface area (Å²) in [6, 6.07) is 1.69. The number of hydrogen-bond donors (Lipinski definition) is 0. The largest absolute Gasteiger partial charge is 0.363 e. The Balaban J connectivity index is 3.26. The molecular weight excluding hydrogens is 192 g/mol. The summed E-state index contributed by atoms with van der Waals surface area (Å²) < 4.78 is 0. The van der Waals surface area contributed by atoms with E-state index >= 15 is 0 Å². The van der Waals surface area contributed by atoms with Gasteiger partial charge in [0, 0.05) is 41.2 Å². The van der Waals surface area contributed by atoms with E-state index in [0.717, 1.165) is 5.82 Å². The highest BCUT2D eigenvalue weighted by Crippen LogP contribution is 2.14. The van der Waals surface area contributed by atoms with Crippen LogP contribution < -0.4 is 9.80 Å². The zero-order valence-electron chi connectivity index (χ0n) is 9.77. The van der Waals surface area contributed by atoms with Crippen molar-refractivity contribution >= 4 is 17.5 Å². The van der Waals surface area contributed by atoms with Gasteiger partial charge in [-0.3, -0.25) is 4.79 Å². The highest BCUT2D eigenvalue weighted by atomic mass is 16.1. The lowest BCUT2D eigenvalue weighted by Crippen LogP contribution is -2.18. The van der Waals surface area contributed by atoms with Gasteiger partial charge in [-0.25, -0.2) is 4.98 Å².